The number of carbonyl (C=O) groups is 2. The zero-order chi connectivity index (χ0) is 19.7. The maximum Gasteiger partial charge on any atom is 0.331 e. The van der Waals surface area contributed by atoms with E-state index in [9.17, 15) is 14.7 Å². The molecule has 1 aliphatic heterocycles. The number of thiocarbonyl (C=S) groups is 1. The molecule has 1 amide bonds. The van der Waals surface area contributed by atoms with Crippen molar-refractivity contribution in [3.63, 3.8) is 0 Å². The minimum Gasteiger partial charge on any atom is -0.479 e. The van der Waals surface area contributed by atoms with Gasteiger partial charge in [-0.1, -0.05) is 66.4 Å². The number of rotatable bonds is 4. The molecular formula is C20H13N3O3S2. The summed E-state index contributed by atoms with van der Waals surface area (Å²) < 4.78 is 0.196. The molecule has 138 valence electrons. The van der Waals surface area contributed by atoms with Gasteiger partial charge in [0.25, 0.3) is 5.91 Å². The maximum absolute atomic E-state index is 12.9. The van der Waals surface area contributed by atoms with E-state index < -0.39 is 17.9 Å². The van der Waals surface area contributed by atoms with Gasteiger partial charge in [0.15, 0.2) is 6.04 Å². The average Bonchev–Trinajstić information content (AvgIpc) is 2.96. The van der Waals surface area contributed by atoms with Gasteiger partial charge in [-0.2, -0.15) is 0 Å². The monoisotopic (exact) mass is 407 g/mol. The second kappa shape index (κ2) is 7.49. The Morgan fingerprint density at radius 1 is 1.11 bits per heavy atom. The number of carboxylic acids is 1. The van der Waals surface area contributed by atoms with Gasteiger partial charge in [-0.05, 0) is 23.8 Å². The van der Waals surface area contributed by atoms with Crippen LogP contribution in [0.3, 0.4) is 0 Å². The number of nitrogens with zero attached hydrogens (tertiary/aromatic N) is 3. The summed E-state index contributed by atoms with van der Waals surface area (Å²) in [5.41, 5.74) is 2.45. The van der Waals surface area contributed by atoms with Crippen LogP contribution in [0.25, 0.3) is 17.1 Å². The molecule has 0 bridgehead atoms. The summed E-state index contributed by atoms with van der Waals surface area (Å²) in [7, 11) is 0. The van der Waals surface area contributed by atoms with E-state index in [1.165, 1.54) is 0 Å². The van der Waals surface area contributed by atoms with Gasteiger partial charge in [-0.15, -0.1) is 0 Å². The first-order valence-corrected chi connectivity index (χ1v) is 9.53. The lowest BCUT2D eigenvalue weighted by atomic mass is 10.1. The Labute approximate surface area is 169 Å². The van der Waals surface area contributed by atoms with Crippen LogP contribution in [0.2, 0.25) is 0 Å². The average molecular weight is 407 g/mol. The fourth-order valence-corrected chi connectivity index (χ4v) is 4.21. The number of amides is 1. The number of carbonyl (C=O) groups excluding carboxylic acids is 1. The van der Waals surface area contributed by atoms with Crippen LogP contribution in [0.4, 0.5) is 0 Å². The molecule has 8 heteroatoms. The van der Waals surface area contributed by atoms with Crippen LogP contribution in [-0.4, -0.2) is 36.2 Å². The van der Waals surface area contributed by atoms with Gasteiger partial charge in [0.1, 0.15) is 4.32 Å². The molecule has 0 saturated carbocycles. The smallest absolute Gasteiger partial charge is 0.331 e. The lowest BCUT2D eigenvalue weighted by Crippen LogP contribution is -2.37. The minimum absolute atomic E-state index is 0.196. The molecule has 2 aromatic carbocycles. The van der Waals surface area contributed by atoms with Crippen LogP contribution < -0.4 is 0 Å². The zero-order valence-electron chi connectivity index (χ0n) is 14.4. The van der Waals surface area contributed by atoms with E-state index in [0.29, 0.717) is 21.7 Å². The third-order valence-corrected chi connectivity index (χ3v) is 5.51. The Morgan fingerprint density at radius 3 is 2.50 bits per heavy atom. The van der Waals surface area contributed by atoms with Crippen molar-refractivity contribution in [2.75, 3.05) is 0 Å². The third-order valence-electron chi connectivity index (χ3n) is 4.18. The molecular weight excluding hydrogens is 394 g/mol. The Morgan fingerprint density at radius 2 is 1.79 bits per heavy atom. The SMILES string of the molecule is O=C(O)C(c1ccccc1)N1C(=O)/C(=C\c2cnc3ccccc3n2)SC1=S. The molecule has 3 aromatic rings. The van der Waals surface area contributed by atoms with Gasteiger partial charge in [0.2, 0.25) is 0 Å². The Balaban J connectivity index is 1.69. The number of aromatic nitrogens is 2. The molecule has 4 rings (SSSR count). The van der Waals surface area contributed by atoms with E-state index in [4.69, 9.17) is 12.2 Å². The van der Waals surface area contributed by atoms with Crippen LogP contribution in [-0.2, 0) is 9.59 Å². The fraction of sp³-hybridized carbons (Fsp3) is 0.0500. The standard InChI is InChI=1S/C20H13N3O3S2/c24-18-16(10-13-11-21-14-8-4-5-9-15(14)22-13)28-20(27)23(18)17(19(25)26)12-6-2-1-3-7-12/h1-11,17H,(H,25,26)/b16-10+. The van der Waals surface area contributed by atoms with E-state index in [-0.39, 0.29) is 4.32 Å². The number of fused-ring (bicyclic) bond motifs is 1. The normalized spacial score (nSPS) is 16.7. The van der Waals surface area contributed by atoms with Crippen molar-refractivity contribution >= 4 is 57.3 Å². The Bertz CT molecular complexity index is 1130. The lowest BCUT2D eigenvalue weighted by Gasteiger charge is -2.23. The van der Waals surface area contributed by atoms with Crippen LogP contribution in [0.1, 0.15) is 17.3 Å². The van der Waals surface area contributed by atoms with E-state index in [1.807, 2.05) is 24.3 Å². The number of aliphatic carboxylic acids is 1. The summed E-state index contributed by atoms with van der Waals surface area (Å²) in [6, 6.07) is 14.8. The summed E-state index contributed by atoms with van der Waals surface area (Å²) in [5.74, 6) is -1.60. The Kier molecular flexibility index (Phi) is 4.89. The second-order valence-electron chi connectivity index (χ2n) is 5.99. The van der Waals surface area contributed by atoms with Crippen molar-refractivity contribution in [1.82, 2.24) is 14.9 Å². The van der Waals surface area contributed by atoms with Crippen molar-refractivity contribution < 1.29 is 14.7 Å². The number of para-hydroxylation sites is 2. The summed E-state index contributed by atoms with van der Waals surface area (Å²) >= 11 is 6.37. The molecule has 6 nitrogen and oxygen atoms in total. The molecule has 1 aliphatic rings. The summed E-state index contributed by atoms with van der Waals surface area (Å²) in [5, 5.41) is 9.71. The minimum atomic E-state index is -1.18. The highest BCUT2D eigenvalue weighted by Gasteiger charge is 2.41. The molecule has 0 aliphatic carbocycles. The van der Waals surface area contributed by atoms with Crippen molar-refractivity contribution in [1.29, 1.82) is 0 Å². The number of carboxylic acid groups (broad SMARTS) is 1. The quantitative estimate of drug-likeness (QED) is 0.522. The zero-order valence-corrected chi connectivity index (χ0v) is 16.0. The number of hydrogen-bond donors (Lipinski definition) is 1. The molecule has 1 aromatic heterocycles. The van der Waals surface area contributed by atoms with E-state index in [2.05, 4.69) is 9.97 Å². The maximum atomic E-state index is 12.9. The molecule has 1 fully saturated rings. The van der Waals surface area contributed by atoms with Gasteiger partial charge < -0.3 is 5.11 Å². The number of benzene rings is 2. The van der Waals surface area contributed by atoms with E-state index in [0.717, 1.165) is 22.2 Å². The molecule has 1 unspecified atom stereocenters. The van der Waals surface area contributed by atoms with Crippen LogP contribution in [0.15, 0.2) is 65.7 Å². The highest BCUT2D eigenvalue weighted by atomic mass is 32.2. The summed E-state index contributed by atoms with van der Waals surface area (Å²) in [6.45, 7) is 0. The van der Waals surface area contributed by atoms with Gasteiger partial charge in [0.05, 0.1) is 27.8 Å². The second-order valence-corrected chi connectivity index (χ2v) is 7.66. The molecule has 1 saturated heterocycles. The van der Waals surface area contributed by atoms with Crippen LogP contribution in [0.5, 0.6) is 0 Å². The lowest BCUT2D eigenvalue weighted by molar-refractivity contribution is -0.145. The molecule has 1 atom stereocenters. The van der Waals surface area contributed by atoms with Crippen LogP contribution >= 0.6 is 24.0 Å². The highest BCUT2D eigenvalue weighted by molar-refractivity contribution is 8.26. The van der Waals surface area contributed by atoms with Crippen molar-refractivity contribution in [3.05, 3.63) is 77.0 Å². The Hall–Kier alpha value is -3.10. The third kappa shape index (κ3) is 3.39. The van der Waals surface area contributed by atoms with Crippen LogP contribution in [0, 0.1) is 0 Å². The highest BCUT2D eigenvalue weighted by Crippen LogP contribution is 2.38. The number of hydrogen-bond acceptors (Lipinski definition) is 6. The molecule has 0 radical (unpaired) electrons. The van der Waals surface area contributed by atoms with Gasteiger partial charge in [-0.25, -0.2) is 9.78 Å². The van der Waals surface area contributed by atoms with Crippen molar-refractivity contribution in [3.8, 4) is 0 Å². The molecule has 2 heterocycles. The van der Waals surface area contributed by atoms with Gasteiger partial charge >= 0.3 is 5.97 Å². The predicted molar refractivity (Wildman–Crippen MR) is 111 cm³/mol. The topological polar surface area (TPSA) is 83.4 Å². The van der Waals surface area contributed by atoms with Crippen molar-refractivity contribution in [2.24, 2.45) is 0 Å². The number of thioether (sulfide) groups is 1. The molecule has 1 N–H and O–H groups in total. The summed E-state index contributed by atoms with van der Waals surface area (Å²) in [4.78, 5) is 35.1. The first-order valence-electron chi connectivity index (χ1n) is 8.31. The van der Waals surface area contributed by atoms with E-state index in [1.54, 1.807) is 42.6 Å². The summed E-state index contributed by atoms with van der Waals surface area (Å²) in [6.07, 6.45) is 3.16. The van der Waals surface area contributed by atoms with Gasteiger partial charge in [0, 0.05) is 0 Å². The van der Waals surface area contributed by atoms with E-state index >= 15 is 0 Å². The first kappa shape index (κ1) is 18.3. The molecule has 0 spiro atoms. The van der Waals surface area contributed by atoms with Crippen molar-refractivity contribution in [2.45, 2.75) is 6.04 Å². The predicted octanol–water partition coefficient (Wildman–Crippen LogP) is 3.66. The van der Waals surface area contributed by atoms with Gasteiger partial charge in [-0.3, -0.25) is 14.7 Å². The molecule has 28 heavy (non-hydrogen) atoms. The first-order chi connectivity index (χ1) is 13.5. The fourth-order valence-electron chi connectivity index (χ4n) is 2.92. The largest absolute Gasteiger partial charge is 0.479 e.